The van der Waals surface area contributed by atoms with Crippen LogP contribution in [-0.4, -0.2) is 4.98 Å². The van der Waals surface area contributed by atoms with Crippen molar-refractivity contribution >= 4 is 48.6 Å². The fraction of sp³-hybridized carbons (Fsp3) is 0.0714. The summed E-state index contributed by atoms with van der Waals surface area (Å²) in [7, 11) is 0. The molecular formula is C14H9Br2FN2O. The van der Waals surface area contributed by atoms with Crippen molar-refractivity contribution in [1.29, 1.82) is 0 Å². The highest BCUT2D eigenvalue weighted by atomic mass is 79.9. The SMILES string of the molecule is Cc1c(Br)c(N)c(Br)c2nc(-c3cccc(F)c3)oc12. The predicted molar refractivity (Wildman–Crippen MR) is 84.0 cm³/mol. The molecule has 2 N–H and O–H groups in total. The number of benzene rings is 2. The van der Waals surface area contributed by atoms with Crippen LogP contribution in [0.25, 0.3) is 22.6 Å². The van der Waals surface area contributed by atoms with Gasteiger partial charge in [0.25, 0.3) is 0 Å². The fourth-order valence-corrected chi connectivity index (χ4v) is 3.10. The molecule has 0 atom stereocenters. The Morgan fingerprint density at radius 1 is 1.25 bits per heavy atom. The van der Waals surface area contributed by atoms with Crippen molar-refractivity contribution in [3.63, 3.8) is 0 Å². The van der Waals surface area contributed by atoms with Gasteiger partial charge in [0.1, 0.15) is 11.3 Å². The number of halogens is 3. The molecule has 0 aliphatic rings. The lowest BCUT2D eigenvalue weighted by Gasteiger charge is -2.05. The Morgan fingerprint density at radius 3 is 2.70 bits per heavy atom. The standard InChI is InChI=1S/C14H9Br2FN2O/c1-6-9(15)11(18)10(16)12-13(6)20-14(19-12)7-3-2-4-8(17)5-7/h2-5H,18H2,1H3. The molecule has 20 heavy (non-hydrogen) atoms. The van der Waals surface area contributed by atoms with Crippen molar-refractivity contribution in [1.82, 2.24) is 4.98 Å². The Balaban J connectivity index is 2.31. The molecule has 0 fully saturated rings. The Bertz CT molecular complexity index is 785. The summed E-state index contributed by atoms with van der Waals surface area (Å²) in [4.78, 5) is 4.41. The van der Waals surface area contributed by atoms with Gasteiger partial charge < -0.3 is 10.2 Å². The molecule has 3 nitrogen and oxygen atoms in total. The van der Waals surface area contributed by atoms with Crippen molar-refractivity contribution in [2.75, 3.05) is 5.73 Å². The monoisotopic (exact) mass is 398 g/mol. The van der Waals surface area contributed by atoms with Gasteiger partial charge >= 0.3 is 0 Å². The number of nitrogens with zero attached hydrogens (tertiary/aromatic N) is 1. The van der Waals surface area contributed by atoms with Gasteiger partial charge in [-0.05, 0) is 57.0 Å². The molecular weight excluding hydrogens is 391 g/mol. The maximum atomic E-state index is 13.3. The average Bonchev–Trinajstić information content (AvgIpc) is 2.88. The van der Waals surface area contributed by atoms with Crippen LogP contribution in [-0.2, 0) is 0 Å². The van der Waals surface area contributed by atoms with E-state index in [-0.39, 0.29) is 5.82 Å². The van der Waals surface area contributed by atoms with E-state index in [1.807, 2.05) is 6.92 Å². The molecule has 0 unspecified atom stereocenters. The Hall–Kier alpha value is -1.40. The highest BCUT2D eigenvalue weighted by Crippen LogP contribution is 2.40. The maximum absolute atomic E-state index is 13.3. The van der Waals surface area contributed by atoms with Gasteiger partial charge in [-0.25, -0.2) is 9.37 Å². The van der Waals surface area contributed by atoms with Crippen LogP contribution in [0.2, 0.25) is 0 Å². The van der Waals surface area contributed by atoms with Crippen LogP contribution in [0, 0.1) is 12.7 Å². The van der Waals surface area contributed by atoms with E-state index < -0.39 is 0 Å². The van der Waals surface area contributed by atoms with Crippen molar-refractivity contribution in [3.05, 3.63) is 44.6 Å². The number of fused-ring (bicyclic) bond motifs is 1. The van der Waals surface area contributed by atoms with Crippen LogP contribution in [0.5, 0.6) is 0 Å². The van der Waals surface area contributed by atoms with Crippen LogP contribution in [0.15, 0.2) is 37.6 Å². The number of nitrogen functional groups attached to an aromatic ring is 1. The predicted octanol–water partition coefficient (Wildman–Crippen LogP) is 5.05. The van der Waals surface area contributed by atoms with Crippen LogP contribution in [0.4, 0.5) is 10.1 Å². The summed E-state index contributed by atoms with van der Waals surface area (Å²) in [5.74, 6) is 0.0297. The molecule has 2 aromatic carbocycles. The summed E-state index contributed by atoms with van der Waals surface area (Å²) < 4.78 is 20.5. The minimum absolute atomic E-state index is 0.332. The number of anilines is 1. The van der Waals surface area contributed by atoms with Gasteiger partial charge in [0.05, 0.1) is 10.2 Å². The Morgan fingerprint density at radius 2 is 2.00 bits per heavy atom. The smallest absolute Gasteiger partial charge is 0.227 e. The summed E-state index contributed by atoms with van der Waals surface area (Å²) in [6.07, 6.45) is 0. The lowest BCUT2D eigenvalue weighted by molar-refractivity contribution is 0.609. The van der Waals surface area contributed by atoms with E-state index in [1.165, 1.54) is 12.1 Å². The lowest BCUT2D eigenvalue weighted by atomic mass is 10.2. The number of aryl methyl sites for hydroxylation is 1. The van der Waals surface area contributed by atoms with Crippen molar-refractivity contribution in [2.24, 2.45) is 0 Å². The summed E-state index contributed by atoms with van der Waals surface area (Å²) in [5.41, 5.74) is 9.24. The topological polar surface area (TPSA) is 52.0 Å². The summed E-state index contributed by atoms with van der Waals surface area (Å²) in [5, 5.41) is 0. The third-order valence-corrected chi connectivity index (χ3v) is 4.87. The van der Waals surface area contributed by atoms with E-state index in [4.69, 9.17) is 10.2 Å². The van der Waals surface area contributed by atoms with E-state index in [0.717, 1.165) is 10.0 Å². The van der Waals surface area contributed by atoms with Crippen LogP contribution >= 0.6 is 31.9 Å². The van der Waals surface area contributed by atoms with Crippen molar-refractivity contribution in [3.8, 4) is 11.5 Å². The van der Waals surface area contributed by atoms with E-state index in [1.54, 1.807) is 12.1 Å². The first-order chi connectivity index (χ1) is 9.49. The second-order valence-electron chi connectivity index (χ2n) is 4.37. The molecule has 0 aliphatic heterocycles. The second-order valence-corrected chi connectivity index (χ2v) is 5.96. The number of oxazole rings is 1. The molecule has 3 aromatic rings. The van der Waals surface area contributed by atoms with Crippen LogP contribution in [0.3, 0.4) is 0 Å². The maximum Gasteiger partial charge on any atom is 0.227 e. The molecule has 0 aliphatic carbocycles. The van der Waals surface area contributed by atoms with Crippen molar-refractivity contribution < 1.29 is 8.81 Å². The molecule has 0 saturated carbocycles. The zero-order valence-corrected chi connectivity index (χ0v) is 13.5. The van der Waals surface area contributed by atoms with Crippen LogP contribution < -0.4 is 5.73 Å². The summed E-state index contributed by atoms with van der Waals surface area (Å²) >= 11 is 6.84. The average molecular weight is 400 g/mol. The molecule has 0 bridgehead atoms. The van der Waals surface area contributed by atoms with Gasteiger partial charge in [0.15, 0.2) is 5.58 Å². The second kappa shape index (κ2) is 4.86. The number of hydrogen-bond donors (Lipinski definition) is 1. The zero-order valence-electron chi connectivity index (χ0n) is 10.4. The van der Waals surface area contributed by atoms with Gasteiger partial charge in [0, 0.05) is 15.6 Å². The van der Waals surface area contributed by atoms with E-state index >= 15 is 0 Å². The molecule has 3 rings (SSSR count). The van der Waals surface area contributed by atoms with Gasteiger partial charge in [0.2, 0.25) is 5.89 Å². The molecule has 0 saturated heterocycles. The molecule has 1 aromatic heterocycles. The first-order valence-corrected chi connectivity index (χ1v) is 7.37. The number of hydrogen-bond acceptors (Lipinski definition) is 3. The summed E-state index contributed by atoms with van der Waals surface area (Å²) in [6.45, 7) is 1.88. The van der Waals surface area contributed by atoms with Gasteiger partial charge in [-0.1, -0.05) is 6.07 Å². The first-order valence-electron chi connectivity index (χ1n) is 5.78. The number of aromatic nitrogens is 1. The van der Waals surface area contributed by atoms with E-state index in [9.17, 15) is 4.39 Å². The minimum Gasteiger partial charge on any atom is -0.436 e. The molecule has 0 spiro atoms. The van der Waals surface area contributed by atoms with Gasteiger partial charge in [-0.3, -0.25) is 0 Å². The summed E-state index contributed by atoms with van der Waals surface area (Å²) in [6, 6.07) is 6.12. The Kier molecular flexibility index (Phi) is 3.30. The highest BCUT2D eigenvalue weighted by Gasteiger charge is 2.18. The molecule has 0 radical (unpaired) electrons. The quantitative estimate of drug-likeness (QED) is 0.582. The van der Waals surface area contributed by atoms with E-state index in [0.29, 0.717) is 32.7 Å². The molecule has 102 valence electrons. The third kappa shape index (κ3) is 2.03. The zero-order chi connectivity index (χ0) is 14.4. The Labute approximate surface area is 131 Å². The molecule has 1 heterocycles. The van der Waals surface area contributed by atoms with E-state index in [2.05, 4.69) is 36.8 Å². The highest BCUT2D eigenvalue weighted by molar-refractivity contribution is 9.11. The van der Waals surface area contributed by atoms with Gasteiger partial charge in [-0.2, -0.15) is 0 Å². The largest absolute Gasteiger partial charge is 0.436 e. The molecule has 0 amide bonds. The lowest BCUT2D eigenvalue weighted by Crippen LogP contribution is -1.92. The fourth-order valence-electron chi connectivity index (χ4n) is 1.99. The third-order valence-electron chi connectivity index (χ3n) is 3.05. The van der Waals surface area contributed by atoms with Crippen molar-refractivity contribution in [2.45, 2.75) is 6.92 Å². The van der Waals surface area contributed by atoms with Gasteiger partial charge in [-0.15, -0.1) is 0 Å². The normalized spacial score (nSPS) is 11.2. The van der Waals surface area contributed by atoms with Crippen LogP contribution in [0.1, 0.15) is 5.56 Å². The number of nitrogens with two attached hydrogens (primary N) is 1. The number of rotatable bonds is 1. The first kappa shape index (κ1) is 13.6. The molecule has 6 heteroatoms. The minimum atomic E-state index is -0.332.